The third kappa shape index (κ3) is 5.88. The fourth-order valence-electron chi connectivity index (χ4n) is 8.29. The van der Waals surface area contributed by atoms with Gasteiger partial charge in [-0.3, -0.25) is 0 Å². The van der Waals surface area contributed by atoms with Gasteiger partial charge in [-0.2, -0.15) is 0 Å². The van der Waals surface area contributed by atoms with Crippen LogP contribution in [0.2, 0.25) is 0 Å². The van der Waals surface area contributed by atoms with Crippen LogP contribution in [0.5, 0.6) is 0 Å². The van der Waals surface area contributed by atoms with Crippen LogP contribution in [-0.4, -0.2) is 0 Å². The second kappa shape index (κ2) is 13.8. The Labute approximate surface area is 335 Å². The van der Waals surface area contributed by atoms with Gasteiger partial charge >= 0.3 is 0 Å². The van der Waals surface area contributed by atoms with Gasteiger partial charge in [-0.15, -0.1) is 11.3 Å². The minimum absolute atomic E-state index is 0.874. The maximum absolute atomic E-state index is 6.77. The Morgan fingerprint density at radius 1 is 0.351 bits per heavy atom. The average Bonchev–Trinajstić information content (AvgIpc) is 3.86. The van der Waals surface area contributed by atoms with Crippen molar-refractivity contribution >= 4 is 70.5 Å². The van der Waals surface area contributed by atoms with Crippen LogP contribution in [-0.2, 0) is 0 Å². The van der Waals surface area contributed by atoms with Crippen LogP contribution in [0.15, 0.2) is 217 Å². The topological polar surface area (TPSA) is 16.4 Å². The van der Waals surface area contributed by atoms with Gasteiger partial charge in [0.15, 0.2) is 0 Å². The molecule has 0 aliphatic carbocycles. The summed E-state index contributed by atoms with van der Waals surface area (Å²) < 4.78 is 9.31. The smallest absolute Gasteiger partial charge is 0.145 e. The maximum Gasteiger partial charge on any atom is 0.145 e. The van der Waals surface area contributed by atoms with Gasteiger partial charge in [0, 0.05) is 42.5 Å². The highest BCUT2D eigenvalue weighted by molar-refractivity contribution is 7.25. The van der Waals surface area contributed by atoms with E-state index in [1.54, 1.807) is 0 Å². The molecule has 0 atom stereocenters. The van der Waals surface area contributed by atoms with Crippen molar-refractivity contribution in [2.45, 2.75) is 0 Å². The predicted molar refractivity (Wildman–Crippen MR) is 243 cm³/mol. The third-order valence-corrected chi connectivity index (χ3v) is 12.2. The van der Waals surface area contributed by atoms with E-state index < -0.39 is 0 Å². The fraction of sp³-hybridized carbons (Fsp3) is 0. The van der Waals surface area contributed by atoms with Crippen molar-refractivity contribution < 1.29 is 4.42 Å². The van der Waals surface area contributed by atoms with E-state index in [2.05, 4.69) is 217 Å². The number of thiophene rings is 1. The summed E-state index contributed by atoms with van der Waals surface area (Å²) in [6.45, 7) is 0. The zero-order chi connectivity index (χ0) is 37.7. The summed E-state index contributed by atoms with van der Waals surface area (Å²) in [7, 11) is 0. The summed E-state index contributed by atoms with van der Waals surface area (Å²) in [5.74, 6) is 0. The first-order valence-electron chi connectivity index (χ1n) is 19.3. The van der Waals surface area contributed by atoms with E-state index >= 15 is 0 Å². The minimum Gasteiger partial charge on any atom is -0.455 e. The first-order valence-corrected chi connectivity index (χ1v) is 20.1. The van der Waals surface area contributed by atoms with Crippen molar-refractivity contribution in [2.75, 3.05) is 4.90 Å². The molecule has 2 heterocycles. The molecule has 0 fully saturated rings. The van der Waals surface area contributed by atoms with E-state index in [1.165, 1.54) is 48.0 Å². The number of anilines is 3. The van der Waals surface area contributed by atoms with Crippen LogP contribution < -0.4 is 4.90 Å². The molecule has 2 aromatic heterocycles. The van der Waals surface area contributed by atoms with E-state index in [1.807, 2.05) is 11.3 Å². The number of fused-ring (bicyclic) bond motifs is 6. The van der Waals surface area contributed by atoms with Crippen LogP contribution in [0, 0.1) is 0 Å². The van der Waals surface area contributed by atoms with Gasteiger partial charge in [-0.05, 0) is 87.5 Å². The molecule has 268 valence electrons. The number of furan rings is 1. The first kappa shape index (κ1) is 33.2. The van der Waals surface area contributed by atoms with Crippen molar-refractivity contribution in [1.29, 1.82) is 0 Å². The lowest BCUT2D eigenvalue weighted by atomic mass is 9.98. The SMILES string of the molecule is c1ccc(-c2ccc(-c3cccc(N(c4ccc5c(c4)sc4cc(-c6ccccc6)ccc45)c4ccc(-c5ccccc5)c5oc6ccccc6c45)c3)cc2)cc1. The second-order valence-corrected chi connectivity index (χ2v) is 15.6. The normalized spacial score (nSPS) is 11.5. The highest BCUT2D eigenvalue weighted by Crippen LogP contribution is 2.48. The molecular weight excluding hydrogens is 711 g/mol. The van der Waals surface area contributed by atoms with Gasteiger partial charge in [0.2, 0.25) is 0 Å². The molecule has 11 aromatic rings. The van der Waals surface area contributed by atoms with Crippen LogP contribution in [0.1, 0.15) is 0 Å². The number of benzene rings is 9. The summed E-state index contributed by atoms with van der Waals surface area (Å²) in [5, 5.41) is 4.73. The van der Waals surface area contributed by atoms with Crippen LogP contribution in [0.4, 0.5) is 17.1 Å². The molecule has 0 saturated carbocycles. The molecule has 0 N–H and O–H groups in total. The Bertz CT molecular complexity index is 3220. The number of para-hydroxylation sites is 1. The zero-order valence-electron chi connectivity index (χ0n) is 31.0. The largest absolute Gasteiger partial charge is 0.455 e. The number of hydrogen-bond donors (Lipinski definition) is 0. The molecule has 0 saturated heterocycles. The van der Waals surface area contributed by atoms with Crippen LogP contribution in [0.3, 0.4) is 0 Å². The quantitative estimate of drug-likeness (QED) is 0.162. The standard InChI is InChI=1S/C54H35NOS/c1-4-13-36(14-5-1)38-23-25-39(26-24-38)41-19-12-20-43(33-41)55(44-28-30-47-46-29-27-42(37-15-6-2-7-16-37)34-51(46)57-52(47)35-44)49-32-31-45(40-17-8-3-9-18-40)54-53(49)48-21-10-11-22-50(48)56-54/h1-35H. The number of nitrogens with zero attached hydrogens (tertiary/aromatic N) is 1. The number of hydrogen-bond acceptors (Lipinski definition) is 3. The second-order valence-electron chi connectivity index (χ2n) is 14.5. The maximum atomic E-state index is 6.77. The van der Waals surface area contributed by atoms with Gasteiger partial charge in [0.25, 0.3) is 0 Å². The lowest BCUT2D eigenvalue weighted by molar-refractivity contribution is 0.670. The van der Waals surface area contributed by atoms with Crippen molar-refractivity contribution in [1.82, 2.24) is 0 Å². The predicted octanol–water partition coefficient (Wildman–Crippen LogP) is 16.1. The third-order valence-electron chi connectivity index (χ3n) is 11.1. The molecule has 0 aliphatic rings. The first-order chi connectivity index (χ1) is 28.2. The van der Waals surface area contributed by atoms with Gasteiger partial charge in [0.05, 0.1) is 11.1 Å². The Kier molecular flexibility index (Phi) is 8.04. The van der Waals surface area contributed by atoms with E-state index in [-0.39, 0.29) is 0 Å². The molecule has 0 amide bonds. The summed E-state index contributed by atoms with van der Waals surface area (Å²) in [6.07, 6.45) is 0. The summed E-state index contributed by atoms with van der Waals surface area (Å²) in [4.78, 5) is 2.42. The summed E-state index contributed by atoms with van der Waals surface area (Å²) >= 11 is 1.85. The number of rotatable bonds is 7. The zero-order valence-corrected chi connectivity index (χ0v) is 31.8. The summed E-state index contributed by atoms with van der Waals surface area (Å²) in [5.41, 5.74) is 14.4. The molecule has 9 aromatic carbocycles. The molecule has 0 aliphatic heterocycles. The lowest BCUT2D eigenvalue weighted by Crippen LogP contribution is -2.10. The van der Waals surface area contributed by atoms with Gasteiger partial charge < -0.3 is 9.32 Å². The molecular formula is C54H35NOS. The van der Waals surface area contributed by atoms with E-state index in [4.69, 9.17) is 4.42 Å². The van der Waals surface area contributed by atoms with E-state index in [9.17, 15) is 0 Å². The Morgan fingerprint density at radius 2 is 0.877 bits per heavy atom. The lowest BCUT2D eigenvalue weighted by Gasteiger charge is -2.27. The van der Waals surface area contributed by atoms with Gasteiger partial charge in [0.1, 0.15) is 11.2 Å². The Hall–Kier alpha value is -7.20. The molecule has 0 bridgehead atoms. The fourth-order valence-corrected chi connectivity index (χ4v) is 9.47. The van der Waals surface area contributed by atoms with Crippen molar-refractivity contribution in [3.05, 3.63) is 212 Å². The monoisotopic (exact) mass is 745 g/mol. The molecule has 2 nitrogen and oxygen atoms in total. The molecule has 0 radical (unpaired) electrons. The van der Waals surface area contributed by atoms with E-state index in [0.29, 0.717) is 0 Å². The minimum atomic E-state index is 0.874. The van der Waals surface area contributed by atoms with Gasteiger partial charge in [-0.25, -0.2) is 0 Å². The molecule has 0 unspecified atom stereocenters. The van der Waals surface area contributed by atoms with Crippen molar-refractivity contribution in [3.8, 4) is 44.5 Å². The van der Waals surface area contributed by atoms with Crippen LogP contribution in [0.25, 0.3) is 86.6 Å². The van der Waals surface area contributed by atoms with Crippen molar-refractivity contribution in [3.63, 3.8) is 0 Å². The Balaban J connectivity index is 1.11. The molecule has 57 heavy (non-hydrogen) atoms. The highest BCUT2D eigenvalue weighted by atomic mass is 32.1. The summed E-state index contributed by atoms with van der Waals surface area (Å²) in [6, 6.07) is 76.3. The Morgan fingerprint density at radius 3 is 1.61 bits per heavy atom. The van der Waals surface area contributed by atoms with Crippen LogP contribution >= 0.6 is 11.3 Å². The van der Waals surface area contributed by atoms with E-state index in [0.717, 1.165) is 55.7 Å². The van der Waals surface area contributed by atoms with Crippen molar-refractivity contribution in [2.24, 2.45) is 0 Å². The average molecular weight is 746 g/mol. The highest BCUT2D eigenvalue weighted by Gasteiger charge is 2.23. The molecule has 3 heteroatoms. The molecule has 0 spiro atoms. The van der Waals surface area contributed by atoms with Gasteiger partial charge in [-0.1, -0.05) is 164 Å². The molecule has 11 rings (SSSR count).